The summed E-state index contributed by atoms with van der Waals surface area (Å²) in [5, 5.41) is 7.09. The third-order valence-electron chi connectivity index (χ3n) is 5.85. The highest BCUT2D eigenvalue weighted by Crippen LogP contribution is 2.40. The summed E-state index contributed by atoms with van der Waals surface area (Å²) >= 11 is 0. The van der Waals surface area contributed by atoms with Gasteiger partial charge in [0, 0.05) is 43.5 Å². The first-order valence-corrected chi connectivity index (χ1v) is 10.5. The summed E-state index contributed by atoms with van der Waals surface area (Å²) in [5.74, 6) is 1.17. The van der Waals surface area contributed by atoms with Gasteiger partial charge in [0.15, 0.2) is 5.69 Å². The van der Waals surface area contributed by atoms with E-state index in [1.807, 2.05) is 23.1 Å². The Bertz CT molecular complexity index is 847. The smallest absolute Gasteiger partial charge is 0.273 e. The summed E-state index contributed by atoms with van der Waals surface area (Å²) < 4.78 is 5.32. The molecule has 2 aliphatic rings. The van der Waals surface area contributed by atoms with E-state index in [1.165, 1.54) is 0 Å². The Balaban J connectivity index is 1.47. The van der Waals surface area contributed by atoms with Gasteiger partial charge < -0.3 is 20.5 Å². The second kappa shape index (κ2) is 8.78. The molecular formula is C22H28N4O3. The van der Waals surface area contributed by atoms with Crippen molar-refractivity contribution >= 4 is 11.8 Å². The van der Waals surface area contributed by atoms with Crippen LogP contribution in [0, 0.1) is 0 Å². The minimum atomic E-state index is -0.213. The molecule has 0 bridgehead atoms. The van der Waals surface area contributed by atoms with E-state index >= 15 is 0 Å². The highest BCUT2D eigenvalue weighted by Gasteiger charge is 2.34. The lowest BCUT2D eigenvalue weighted by atomic mass is 9.85. The van der Waals surface area contributed by atoms with Crippen LogP contribution in [0.1, 0.15) is 65.8 Å². The topological polar surface area (TPSA) is 101 Å². The lowest BCUT2D eigenvalue weighted by molar-refractivity contribution is -0.132. The standard InChI is InChI=1S/C22H28N4O3/c23-11-4-7-21(27)26-12-10-18(17(14-26)15-5-2-1-3-6-15)24-22(28)19-13-20(29-25-19)16-8-9-16/h1-3,5-6,13,16-18H,4,7-12,14,23H2,(H,24,28)/t17-,18-/m0/s1. The van der Waals surface area contributed by atoms with Crippen LogP contribution in [0.5, 0.6) is 0 Å². The Morgan fingerprint density at radius 1 is 1.21 bits per heavy atom. The first-order chi connectivity index (χ1) is 14.2. The number of rotatable bonds is 7. The summed E-state index contributed by atoms with van der Waals surface area (Å²) in [4.78, 5) is 27.2. The molecule has 154 valence electrons. The zero-order valence-electron chi connectivity index (χ0n) is 16.5. The molecule has 2 heterocycles. The highest BCUT2D eigenvalue weighted by atomic mass is 16.5. The molecule has 1 aromatic carbocycles. The van der Waals surface area contributed by atoms with Crippen molar-refractivity contribution in [1.82, 2.24) is 15.4 Å². The predicted molar refractivity (Wildman–Crippen MR) is 108 cm³/mol. The van der Waals surface area contributed by atoms with Crippen LogP contribution in [-0.2, 0) is 4.79 Å². The lowest BCUT2D eigenvalue weighted by Gasteiger charge is -2.39. The molecule has 2 atom stereocenters. The van der Waals surface area contributed by atoms with E-state index in [0.29, 0.717) is 50.5 Å². The Hall–Kier alpha value is -2.67. The van der Waals surface area contributed by atoms with Crippen LogP contribution >= 0.6 is 0 Å². The maximum Gasteiger partial charge on any atom is 0.273 e. The number of likely N-dealkylation sites (tertiary alicyclic amines) is 1. The number of carbonyl (C=O) groups is 2. The van der Waals surface area contributed by atoms with Crippen molar-refractivity contribution in [3.05, 3.63) is 53.4 Å². The summed E-state index contributed by atoms with van der Waals surface area (Å²) in [6.07, 6.45) is 4.07. The van der Waals surface area contributed by atoms with E-state index in [1.54, 1.807) is 6.07 Å². The monoisotopic (exact) mass is 396 g/mol. The number of amides is 2. The predicted octanol–water partition coefficient (Wildman–Crippen LogP) is 2.41. The van der Waals surface area contributed by atoms with Gasteiger partial charge in [-0.25, -0.2) is 0 Å². The molecule has 1 saturated heterocycles. The van der Waals surface area contributed by atoms with E-state index < -0.39 is 0 Å². The molecule has 2 aromatic rings. The molecule has 0 spiro atoms. The van der Waals surface area contributed by atoms with E-state index in [9.17, 15) is 9.59 Å². The molecule has 0 radical (unpaired) electrons. The zero-order chi connectivity index (χ0) is 20.2. The van der Waals surface area contributed by atoms with Gasteiger partial charge in [-0.3, -0.25) is 9.59 Å². The number of nitrogens with one attached hydrogen (secondary N) is 1. The van der Waals surface area contributed by atoms with Crippen molar-refractivity contribution in [2.45, 2.75) is 50.0 Å². The van der Waals surface area contributed by atoms with Gasteiger partial charge in [0.25, 0.3) is 5.91 Å². The first-order valence-electron chi connectivity index (χ1n) is 10.5. The normalized spacial score (nSPS) is 21.8. The van der Waals surface area contributed by atoms with Gasteiger partial charge in [-0.2, -0.15) is 0 Å². The van der Waals surface area contributed by atoms with Crippen LogP contribution in [0.15, 0.2) is 40.9 Å². The second-order valence-corrected chi connectivity index (χ2v) is 8.01. The SMILES string of the molecule is NCCCC(=O)N1CC[C@H](NC(=O)c2cc(C3CC3)on2)[C@H](c2ccccc2)C1. The molecule has 1 aliphatic heterocycles. The average molecular weight is 396 g/mol. The van der Waals surface area contributed by atoms with Crippen molar-refractivity contribution in [2.75, 3.05) is 19.6 Å². The summed E-state index contributed by atoms with van der Waals surface area (Å²) in [5.41, 5.74) is 7.00. The van der Waals surface area contributed by atoms with E-state index in [-0.39, 0.29) is 23.8 Å². The quantitative estimate of drug-likeness (QED) is 0.748. The minimum absolute atomic E-state index is 0.0329. The van der Waals surface area contributed by atoms with Crippen LogP contribution in [0.3, 0.4) is 0 Å². The molecule has 7 nitrogen and oxygen atoms in total. The molecule has 4 rings (SSSR count). The van der Waals surface area contributed by atoms with Gasteiger partial charge in [0.2, 0.25) is 5.91 Å². The number of hydrogen-bond acceptors (Lipinski definition) is 5. The number of carbonyl (C=O) groups excluding carboxylic acids is 2. The number of benzene rings is 1. The molecule has 2 fully saturated rings. The fraction of sp³-hybridized carbons (Fsp3) is 0.500. The fourth-order valence-corrected chi connectivity index (χ4v) is 4.00. The first kappa shape index (κ1) is 19.6. The lowest BCUT2D eigenvalue weighted by Crippen LogP contribution is -2.51. The third-order valence-corrected chi connectivity index (χ3v) is 5.85. The minimum Gasteiger partial charge on any atom is -0.360 e. The molecule has 29 heavy (non-hydrogen) atoms. The van der Waals surface area contributed by atoms with Gasteiger partial charge >= 0.3 is 0 Å². The van der Waals surface area contributed by atoms with Gasteiger partial charge in [0.05, 0.1) is 0 Å². The highest BCUT2D eigenvalue weighted by molar-refractivity contribution is 5.92. The van der Waals surface area contributed by atoms with Crippen LogP contribution < -0.4 is 11.1 Å². The van der Waals surface area contributed by atoms with E-state index in [0.717, 1.165) is 24.2 Å². The Morgan fingerprint density at radius 3 is 2.72 bits per heavy atom. The third kappa shape index (κ3) is 4.67. The van der Waals surface area contributed by atoms with Gasteiger partial charge in [0.1, 0.15) is 5.76 Å². The van der Waals surface area contributed by atoms with E-state index in [4.69, 9.17) is 10.3 Å². The molecule has 3 N–H and O–H groups in total. The van der Waals surface area contributed by atoms with Crippen LogP contribution in [0.25, 0.3) is 0 Å². The Morgan fingerprint density at radius 2 is 2.00 bits per heavy atom. The molecule has 0 unspecified atom stereocenters. The summed E-state index contributed by atoms with van der Waals surface area (Å²) in [7, 11) is 0. The Labute approximate surface area is 170 Å². The maximum atomic E-state index is 12.8. The van der Waals surface area contributed by atoms with Gasteiger partial charge in [-0.15, -0.1) is 0 Å². The molecule has 1 saturated carbocycles. The molecule has 1 aliphatic carbocycles. The molecule has 2 amide bonds. The van der Waals surface area contributed by atoms with Gasteiger partial charge in [-0.05, 0) is 37.8 Å². The zero-order valence-corrected chi connectivity index (χ0v) is 16.5. The number of nitrogens with zero attached hydrogens (tertiary/aromatic N) is 2. The van der Waals surface area contributed by atoms with Crippen molar-refractivity contribution in [3.8, 4) is 0 Å². The average Bonchev–Trinajstić information content (AvgIpc) is 3.49. The number of nitrogens with two attached hydrogens (primary N) is 1. The van der Waals surface area contributed by atoms with Gasteiger partial charge in [-0.1, -0.05) is 35.5 Å². The van der Waals surface area contributed by atoms with Crippen LogP contribution in [0.4, 0.5) is 0 Å². The summed E-state index contributed by atoms with van der Waals surface area (Å²) in [6.45, 7) is 1.73. The van der Waals surface area contributed by atoms with Crippen LogP contribution in [0.2, 0.25) is 0 Å². The number of piperidine rings is 1. The fourth-order valence-electron chi connectivity index (χ4n) is 4.00. The molecule has 7 heteroatoms. The number of aromatic nitrogens is 1. The van der Waals surface area contributed by atoms with Crippen molar-refractivity contribution in [1.29, 1.82) is 0 Å². The van der Waals surface area contributed by atoms with Crippen molar-refractivity contribution in [2.24, 2.45) is 5.73 Å². The number of hydrogen-bond donors (Lipinski definition) is 2. The van der Waals surface area contributed by atoms with Crippen molar-refractivity contribution in [3.63, 3.8) is 0 Å². The largest absolute Gasteiger partial charge is 0.360 e. The Kier molecular flexibility index (Phi) is 5.94. The van der Waals surface area contributed by atoms with E-state index in [2.05, 4.69) is 22.6 Å². The molecule has 1 aromatic heterocycles. The van der Waals surface area contributed by atoms with Crippen molar-refractivity contribution < 1.29 is 14.1 Å². The molecular weight excluding hydrogens is 368 g/mol. The second-order valence-electron chi connectivity index (χ2n) is 8.01. The maximum absolute atomic E-state index is 12.8. The summed E-state index contributed by atoms with van der Waals surface area (Å²) in [6, 6.07) is 11.8. The van der Waals surface area contributed by atoms with Crippen LogP contribution in [-0.4, -0.2) is 47.5 Å².